The Morgan fingerprint density at radius 2 is 1.97 bits per heavy atom. The van der Waals surface area contributed by atoms with E-state index < -0.39 is 28.2 Å². The molecule has 2 unspecified atom stereocenters. The molecular weight excluding hydrogens is 404 g/mol. The summed E-state index contributed by atoms with van der Waals surface area (Å²) in [7, 11) is 0. The van der Waals surface area contributed by atoms with Gasteiger partial charge in [-0.05, 0) is 66.7 Å². The SMILES string of the molecule is CCOC(=O)[C@H]1[C@H]2C(=O)N(CCCCCO)C(C(=O)NC(C)(C)C)C23CC[C@]1(C)S3. The summed E-state index contributed by atoms with van der Waals surface area (Å²) in [5, 5.41) is 12.2. The van der Waals surface area contributed by atoms with Crippen molar-refractivity contribution in [2.24, 2.45) is 11.8 Å². The Hall–Kier alpha value is -1.28. The van der Waals surface area contributed by atoms with Crippen LogP contribution in [0.5, 0.6) is 0 Å². The summed E-state index contributed by atoms with van der Waals surface area (Å²) in [5.41, 5.74) is -0.414. The zero-order valence-electron chi connectivity index (χ0n) is 18.8. The second-order valence-corrected chi connectivity index (χ2v) is 11.9. The number of carbonyl (C=O) groups is 3. The maximum Gasteiger partial charge on any atom is 0.311 e. The van der Waals surface area contributed by atoms with Crippen molar-refractivity contribution >= 4 is 29.5 Å². The number of likely N-dealkylation sites (tertiary alicyclic amines) is 1. The molecule has 30 heavy (non-hydrogen) atoms. The standard InChI is InChI=1S/C22H36N2O5S/c1-6-29-19(28)15-14-18(27)24(12-8-7-9-13-25)16(17(26)23-20(2,3)4)22(14)11-10-21(15,5)30-22/h14-16,25H,6-13H2,1-5H3,(H,23,26)/t14-,15+,16?,21-,22?/m0/s1. The normalized spacial score (nSPS) is 34.9. The number of hydrogen-bond acceptors (Lipinski definition) is 6. The molecule has 0 aromatic heterocycles. The molecule has 5 atom stereocenters. The van der Waals surface area contributed by atoms with E-state index in [9.17, 15) is 14.4 Å². The van der Waals surface area contributed by atoms with Gasteiger partial charge in [0.25, 0.3) is 0 Å². The van der Waals surface area contributed by atoms with Crippen molar-refractivity contribution in [3.63, 3.8) is 0 Å². The first-order valence-electron chi connectivity index (χ1n) is 11.1. The molecule has 0 radical (unpaired) electrons. The fourth-order valence-corrected chi connectivity index (χ4v) is 7.91. The van der Waals surface area contributed by atoms with Crippen LogP contribution in [0.25, 0.3) is 0 Å². The van der Waals surface area contributed by atoms with Crippen molar-refractivity contribution in [3.8, 4) is 0 Å². The first-order chi connectivity index (χ1) is 14.0. The molecule has 0 aromatic rings. The van der Waals surface area contributed by atoms with E-state index in [0.29, 0.717) is 13.0 Å². The Bertz CT molecular complexity index is 708. The summed E-state index contributed by atoms with van der Waals surface area (Å²) in [6.45, 7) is 10.5. The highest BCUT2D eigenvalue weighted by Gasteiger charge is 2.77. The second kappa shape index (κ2) is 8.34. The first-order valence-corrected chi connectivity index (χ1v) is 11.9. The topological polar surface area (TPSA) is 95.9 Å². The third kappa shape index (κ3) is 3.85. The monoisotopic (exact) mass is 440 g/mol. The molecule has 3 aliphatic rings. The summed E-state index contributed by atoms with van der Waals surface area (Å²) in [6.07, 6.45) is 3.73. The van der Waals surface area contributed by atoms with Gasteiger partial charge in [-0.3, -0.25) is 14.4 Å². The quantitative estimate of drug-likeness (QED) is 0.443. The fraction of sp³-hybridized carbons (Fsp3) is 0.864. The number of aliphatic hydroxyl groups excluding tert-OH is 1. The number of fused-ring (bicyclic) bond motifs is 1. The van der Waals surface area contributed by atoms with Gasteiger partial charge in [-0.2, -0.15) is 0 Å². The lowest BCUT2D eigenvalue weighted by atomic mass is 9.66. The minimum Gasteiger partial charge on any atom is -0.466 e. The van der Waals surface area contributed by atoms with Crippen LogP contribution in [0.4, 0.5) is 0 Å². The van der Waals surface area contributed by atoms with E-state index in [1.807, 2.05) is 27.7 Å². The maximum atomic E-state index is 13.7. The molecule has 2 amide bonds. The molecule has 0 saturated carbocycles. The summed E-state index contributed by atoms with van der Waals surface area (Å²) in [4.78, 5) is 41.7. The van der Waals surface area contributed by atoms with Crippen molar-refractivity contribution in [2.45, 2.75) is 87.8 Å². The third-order valence-electron chi connectivity index (χ3n) is 6.62. The Balaban J connectivity index is 1.96. The van der Waals surface area contributed by atoms with Gasteiger partial charge in [-0.1, -0.05) is 0 Å². The maximum absolute atomic E-state index is 13.7. The number of nitrogens with one attached hydrogen (secondary N) is 1. The molecule has 3 aliphatic heterocycles. The Morgan fingerprint density at radius 1 is 1.27 bits per heavy atom. The smallest absolute Gasteiger partial charge is 0.311 e. The number of esters is 1. The van der Waals surface area contributed by atoms with Crippen LogP contribution < -0.4 is 5.32 Å². The molecule has 1 spiro atoms. The number of unbranched alkanes of at least 4 members (excludes halogenated alkanes) is 2. The van der Waals surface area contributed by atoms with Crippen LogP contribution in [0.2, 0.25) is 0 Å². The van der Waals surface area contributed by atoms with Crippen LogP contribution >= 0.6 is 11.8 Å². The van der Waals surface area contributed by atoms with Gasteiger partial charge in [0, 0.05) is 23.4 Å². The summed E-state index contributed by atoms with van der Waals surface area (Å²) < 4.78 is 4.40. The zero-order valence-corrected chi connectivity index (χ0v) is 19.6. The molecule has 2 N–H and O–H groups in total. The number of rotatable bonds is 8. The van der Waals surface area contributed by atoms with Gasteiger partial charge in [0.2, 0.25) is 11.8 Å². The molecule has 7 nitrogen and oxygen atoms in total. The Morgan fingerprint density at radius 3 is 2.57 bits per heavy atom. The van der Waals surface area contributed by atoms with Crippen LogP contribution in [0.15, 0.2) is 0 Å². The van der Waals surface area contributed by atoms with Crippen LogP contribution in [0.3, 0.4) is 0 Å². The minimum atomic E-state index is -0.588. The van der Waals surface area contributed by atoms with E-state index in [0.717, 1.165) is 25.7 Å². The van der Waals surface area contributed by atoms with Crippen molar-refractivity contribution < 1.29 is 24.2 Å². The van der Waals surface area contributed by atoms with Gasteiger partial charge in [0.05, 0.1) is 23.2 Å². The summed E-state index contributed by atoms with van der Waals surface area (Å²) in [6, 6.07) is -0.588. The van der Waals surface area contributed by atoms with Gasteiger partial charge < -0.3 is 20.1 Å². The average Bonchev–Trinajstić information content (AvgIpc) is 3.19. The number of carbonyl (C=O) groups excluding carboxylic acids is 3. The molecule has 3 rings (SSSR count). The average molecular weight is 441 g/mol. The Labute approximate surface area is 183 Å². The molecular formula is C22H36N2O5S. The predicted molar refractivity (Wildman–Crippen MR) is 116 cm³/mol. The van der Waals surface area contributed by atoms with E-state index in [1.165, 1.54) is 0 Å². The van der Waals surface area contributed by atoms with Crippen molar-refractivity contribution in [3.05, 3.63) is 0 Å². The lowest BCUT2D eigenvalue weighted by Gasteiger charge is -2.36. The van der Waals surface area contributed by atoms with E-state index in [1.54, 1.807) is 23.6 Å². The van der Waals surface area contributed by atoms with Crippen molar-refractivity contribution in [2.75, 3.05) is 19.8 Å². The predicted octanol–water partition coefficient (Wildman–Crippen LogP) is 2.11. The second-order valence-electron chi connectivity index (χ2n) is 10.0. The molecule has 170 valence electrons. The van der Waals surface area contributed by atoms with E-state index in [4.69, 9.17) is 9.84 Å². The highest BCUT2D eigenvalue weighted by atomic mass is 32.2. The van der Waals surface area contributed by atoms with E-state index >= 15 is 0 Å². The van der Waals surface area contributed by atoms with Gasteiger partial charge in [0.1, 0.15) is 6.04 Å². The molecule has 3 saturated heterocycles. The number of amides is 2. The highest BCUT2D eigenvalue weighted by molar-refractivity contribution is 8.02. The Kier molecular flexibility index (Phi) is 6.50. The van der Waals surface area contributed by atoms with Crippen LogP contribution in [0.1, 0.15) is 66.7 Å². The van der Waals surface area contributed by atoms with Crippen LogP contribution in [0, 0.1) is 11.8 Å². The van der Waals surface area contributed by atoms with Crippen molar-refractivity contribution in [1.82, 2.24) is 10.2 Å². The number of nitrogens with zero attached hydrogens (tertiary/aromatic N) is 1. The first kappa shape index (κ1) is 23.4. The molecule has 3 heterocycles. The molecule has 0 aromatic carbocycles. The number of aliphatic hydroxyl groups is 1. The zero-order chi connectivity index (χ0) is 22.3. The van der Waals surface area contributed by atoms with Gasteiger partial charge in [-0.25, -0.2) is 0 Å². The third-order valence-corrected chi connectivity index (χ3v) is 8.61. The molecule has 2 bridgehead atoms. The summed E-state index contributed by atoms with van der Waals surface area (Å²) in [5.74, 6) is -1.58. The minimum absolute atomic E-state index is 0.0953. The number of hydrogen-bond donors (Lipinski definition) is 2. The van der Waals surface area contributed by atoms with E-state index in [-0.39, 0.29) is 35.7 Å². The highest BCUT2D eigenvalue weighted by Crippen LogP contribution is 2.71. The largest absolute Gasteiger partial charge is 0.466 e. The van der Waals surface area contributed by atoms with Gasteiger partial charge in [-0.15, -0.1) is 11.8 Å². The number of thioether (sulfide) groups is 1. The van der Waals surface area contributed by atoms with E-state index in [2.05, 4.69) is 5.32 Å². The van der Waals surface area contributed by atoms with Crippen molar-refractivity contribution in [1.29, 1.82) is 0 Å². The molecule has 3 fully saturated rings. The lowest BCUT2D eigenvalue weighted by molar-refractivity contribution is -0.155. The van der Waals surface area contributed by atoms with Crippen LogP contribution in [-0.4, -0.2) is 68.6 Å². The van der Waals surface area contributed by atoms with Gasteiger partial charge >= 0.3 is 5.97 Å². The molecule has 8 heteroatoms. The van der Waals surface area contributed by atoms with Gasteiger partial charge in [0.15, 0.2) is 0 Å². The summed E-state index contributed by atoms with van der Waals surface area (Å²) >= 11 is 1.66. The molecule has 0 aliphatic carbocycles. The van der Waals surface area contributed by atoms with Crippen LogP contribution in [-0.2, 0) is 19.1 Å². The fourth-order valence-electron chi connectivity index (χ4n) is 5.57. The number of ether oxygens (including phenoxy) is 1. The lowest BCUT2D eigenvalue weighted by Crippen LogP contribution is -2.57.